The molecule has 0 atom stereocenters. The molecular weight excluding hydrogens is 210 g/mol. The summed E-state index contributed by atoms with van der Waals surface area (Å²) >= 11 is 0. The van der Waals surface area contributed by atoms with E-state index >= 15 is 0 Å². The molecule has 0 radical (unpaired) electrons. The van der Waals surface area contributed by atoms with E-state index in [1.54, 1.807) is 0 Å². The van der Waals surface area contributed by atoms with E-state index in [9.17, 15) is 0 Å². The molecule has 0 aromatic carbocycles. The number of nitrogens with zero attached hydrogens (tertiary/aromatic N) is 2. The van der Waals surface area contributed by atoms with E-state index in [1.807, 2.05) is 11.6 Å². The normalized spacial score (nSPS) is 11.1. The second-order valence-electron chi connectivity index (χ2n) is 5.28. The summed E-state index contributed by atoms with van der Waals surface area (Å²) in [6.45, 7) is 12.2. The van der Waals surface area contributed by atoms with Crippen molar-refractivity contribution in [2.24, 2.45) is 0 Å². The van der Waals surface area contributed by atoms with Gasteiger partial charge in [-0.15, -0.1) is 11.8 Å². The molecule has 3 heteroatoms. The average molecular weight is 233 g/mol. The van der Waals surface area contributed by atoms with Crippen LogP contribution in [0, 0.1) is 18.8 Å². The summed E-state index contributed by atoms with van der Waals surface area (Å²) in [6, 6.07) is 0. The van der Waals surface area contributed by atoms with Crippen LogP contribution in [-0.4, -0.2) is 15.3 Å². The molecule has 0 spiro atoms. The summed E-state index contributed by atoms with van der Waals surface area (Å²) in [6.07, 6.45) is 2.98. The van der Waals surface area contributed by atoms with Crippen molar-refractivity contribution in [3.63, 3.8) is 0 Å². The van der Waals surface area contributed by atoms with E-state index in [2.05, 4.69) is 56.1 Å². The summed E-state index contributed by atoms with van der Waals surface area (Å²) in [5.74, 6) is 5.96. The van der Waals surface area contributed by atoms with Crippen molar-refractivity contribution in [1.29, 1.82) is 0 Å². The van der Waals surface area contributed by atoms with Crippen LogP contribution in [-0.2, 0) is 13.1 Å². The molecular formula is C14H23N3. The zero-order valence-corrected chi connectivity index (χ0v) is 11.6. The first-order valence-electron chi connectivity index (χ1n) is 6.10. The largest absolute Gasteiger partial charge is 0.308 e. The highest BCUT2D eigenvalue weighted by Crippen LogP contribution is 2.08. The standard InChI is InChI=1S/C14H23N3/c1-6-7-8-9-17-11-13(12(2)16-17)10-15-14(3,4)5/h11,15H,8-10H2,1-5H3. The van der Waals surface area contributed by atoms with E-state index in [1.165, 1.54) is 5.56 Å². The van der Waals surface area contributed by atoms with Crippen LogP contribution in [0.25, 0.3) is 0 Å². The van der Waals surface area contributed by atoms with Gasteiger partial charge in [-0.05, 0) is 34.6 Å². The van der Waals surface area contributed by atoms with Gasteiger partial charge in [0.05, 0.1) is 12.2 Å². The van der Waals surface area contributed by atoms with Gasteiger partial charge >= 0.3 is 0 Å². The molecule has 0 amide bonds. The summed E-state index contributed by atoms with van der Waals surface area (Å²) in [5.41, 5.74) is 2.51. The van der Waals surface area contributed by atoms with Gasteiger partial charge < -0.3 is 5.32 Å². The van der Waals surface area contributed by atoms with E-state index in [0.717, 1.165) is 25.2 Å². The first-order chi connectivity index (χ1) is 7.92. The van der Waals surface area contributed by atoms with Crippen molar-refractivity contribution in [3.8, 4) is 11.8 Å². The Labute approximate surface area is 105 Å². The fraction of sp³-hybridized carbons (Fsp3) is 0.643. The number of aromatic nitrogens is 2. The minimum Gasteiger partial charge on any atom is -0.308 e. The molecule has 0 unspecified atom stereocenters. The molecule has 0 saturated carbocycles. The van der Waals surface area contributed by atoms with Crippen LogP contribution >= 0.6 is 0 Å². The zero-order chi connectivity index (χ0) is 12.9. The van der Waals surface area contributed by atoms with Crippen molar-refractivity contribution in [3.05, 3.63) is 17.5 Å². The molecule has 94 valence electrons. The SMILES string of the molecule is CC#CCCn1cc(CNC(C)(C)C)c(C)n1. The minimum absolute atomic E-state index is 0.141. The summed E-state index contributed by atoms with van der Waals surface area (Å²) in [5, 5.41) is 7.97. The van der Waals surface area contributed by atoms with Crippen molar-refractivity contribution in [1.82, 2.24) is 15.1 Å². The van der Waals surface area contributed by atoms with Crippen molar-refractivity contribution >= 4 is 0 Å². The Balaban J connectivity index is 2.58. The smallest absolute Gasteiger partial charge is 0.0638 e. The second-order valence-corrected chi connectivity index (χ2v) is 5.28. The number of hydrogen-bond donors (Lipinski definition) is 1. The number of aryl methyl sites for hydroxylation is 2. The van der Waals surface area contributed by atoms with Crippen molar-refractivity contribution < 1.29 is 0 Å². The topological polar surface area (TPSA) is 29.9 Å². The van der Waals surface area contributed by atoms with Crippen LogP contribution < -0.4 is 5.32 Å². The number of hydrogen-bond acceptors (Lipinski definition) is 2. The fourth-order valence-electron chi connectivity index (χ4n) is 1.50. The molecule has 1 N–H and O–H groups in total. The van der Waals surface area contributed by atoms with Crippen LogP contribution in [0.5, 0.6) is 0 Å². The van der Waals surface area contributed by atoms with E-state index < -0.39 is 0 Å². The molecule has 3 nitrogen and oxygen atoms in total. The first-order valence-corrected chi connectivity index (χ1v) is 6.10. The van der Waals surface area contributed by atoms with Gasteiger partial charge in [-0.25, -0.2) is 0 Å². The van der Waals surface area contributed by atoms with E-state index in [-0.39, 0.29) is 5.54 Å². The monoisotopic (exact) mass is 233 g/mol. The summed E-state index contributed by atoms with van der Waals surface area (Å²) in [4.78, 5) is 0. The van der Waals surface area contributed by atoms with E-state index in [4.69, 9.17) is 0 Å². The van der Waals surface area contributed by atoms with Gasteiger partial charge in [-0.2, -0.15) is 5.10 Å². The lowest BCUT2D eigenvalue weighted by Crippen LogP contribution is -2.35. The summed E-state index contributed by atoms with van der Waals surface area (Å²) < 4.78 is 1.99. The Morgan fingerprint density at radius 1 is 1.41 bits per heavy atom. The van der Waals surface area contributed by atoms with Crippen LogP contribution in [0.4, 0.5) is 0 Å². The highest BCUT2D eigenvalue weighted by atomic mass is 15.3. The van der Waals surface area contributed by atoms with Crippen LogP contribution in [0.3, 0.4) is 0 Å². The molecule has 0 bridgehead atoms. The Hall–Kier alpha value is -1.27. The number of rotatable bonds is 4. The van der Waals surface area contributed by atoms with Crippen LogP contribution in [0.2, 0.25) is 0 Å². The maximum Gasteiger partial charge on any atom is 0.0638 e. The molecule has 1 rings (SSSR count). The Bertz CT molecular complexity index is 413. The highest BCUT2D eigenvalue weighted by molar-refractivity contribution is 5.15. The molecule has 0 aliphatic heterocycles. The van der Waals surface area contributed by atoms with Gasteiger partial charge in [0.25, 0.3) is 0 Å². The molecule has 1 heterocycles. The maximum atomic E-state index is 4.49. The Morgan fingerprint density at radius 2 is 2.12 bits per heavy atom. The molecule has 0 saturated heterocycles. The molecule has 0 fully saturated rings. The fourth-order valence-corrected chi connectivity index (χ4v) is 1.50. The average Bonchev–Trinajstić information content (AvgIpc) is 2.56. The molecule has 0 aliphatic carbocycles. The van der Waals surface area contributed by atoms with Crippen LogP contribution in [0.1, 0.15) is 45.4 Å². The van der Waals surface area contributed by atoms with Crippen LogP contribution in [0.15, 0.2) is 6.20 Å². The molecule has 1 aromatic rings. The lowest BCUT2D eigenvalue weighted by molar-refractivity contribution is 0.423. The zero-order valence-electron chi connectivity index (χ0n) is 11.6. The first kappa shape index (κ1) is 13.8. The van der Waals surface area contributed by atoms with Gasteiger partial charge in [-0.3, -0.25) is 4.68 Å². The third-order valence-electron chi connectivity index (χ3n) is 2.50. The van der Waals surface area contributed by atoms with Crippen molar-refractivity contribution in [2.75, 3.05) is 0 Å². The van der Waals surface area contributed by atoms with Crippen molar-refractivity contribution in [2.45, 2.75) is 59.7 Å². The third-order valence-corrected chi connectivity index (χ3v) is 2.50. The van der Waals surface area contributed by atoms with Gasteiger partial charge in [0, 0.05) is 30.3 Å². The predicted molar refractivity (Wildman–Crippen MR) is 71.6 cm³/mol. The lowest BCUT2D eigenvalue weighted by atomic mass is 10.1. The van der Waals surface area contributed by atoms with Gasteiger partial charge in [0.2, 0.25) is 0 Å². The summed E-state index contributed by atoms with van der Waals surface area (Å²) in [7, 11) is 0. The quantitative estimate of drug-likeness (QED) is 0.810. The molecule has 1 aromatic heterocycles. The molecule has 0 aliphatic rings. The van der Waals surface area contributed by atoms with Gasteiger partial charge in [0.1, 0.15) is 0 Å². The Morgan fingerprint density at radius 3 is 2.71 bits per heavy atom. The maximum absolute atomic E-state index is 4.49. The van der Waals surface area contributed by atoms with Gasteiger partial charge in [0.15, 0.2) is 0 Å². The third kappa shape index (κ3) is 5.06. The Kier molecular flexibility index (Phi) is 4.77. The second kappa shape index (κ2) is 5.88. The molecule has 17 heavy (non-hydrogen) atoms. The lowest BCUT2D eigenvalue weighted by Gasteiger charge is -2.20. The number of nitrogens with one attached hydrogen (secondary N) is 1. The predicted octanol–water partition coefficient (Wildman–Crippen LogP) is 2.49. The van der Waals surface area contributed by atoms with Gasteiger partial charge in [-0.1, -0.05) is 0 Å². The highest BCUT2D eigenvalue weighted by Gasteiger charge is 2.11. The van der Waals surface area contributed by atoms with E-state index in [0.29, 0.717) is 0 Å². The minimum atomic E-state index is 0.141.